The molecule has 1 saturated heterocycles. The van der Waals surface area contributed by atoms with E-state index in [0.717, 1.165) is 18.4 Å². The van der Waals surface area contributed by atoms with E-state index in [2.05, 4.69) is 5.10 Å². The summed E-state index contributed by atoms with van der Waals surface area (Å²) in [5, 5.41) is 4.47. The van der Waals surface area contributed by atoms with Crippen molar-refractivity contribution in [3.8, 4) is 0 Å². The molecule has 116 valence electrons. The van der Waals surface area contributed by atoms with E-state index in [9.17, 15) is 9.18 Å². The van der Waals surface area contributed by atoms with Crippen molar-refractivity contribution in [1.82, 2.24) is 14.7 Å². The lowest BCUT2D eigenvalue weighted by Gasteiger charge is -2.25. The second-order valence-corrected chi connectivity index (χ2v) is 5.78. The molecule has 1 atom stereocenters. The maximum Gasteiger partial charge on any atom is 0.274 e. The van der Waals surface area contributed by atoms with Gasteiger partial charge in [-0.15, -0.1) is 0 Å². The Morgan fingerprint density at radius 2 is 2.32 bits per heavy atom. The molecular weight excluding hydrogens is 305 g/mol. The highest BCUT2D eigenvalue weighted by molar-refractivity contribution is 6.33. The Morgan fingerprint density at radius 3 is 3.05 bits per heavy atom. The number of halogens is 2. The lowest BCUT2D eigenvalue weighted by atomic mass is 10.0. The minimum absolute atomic E-state index is 0.112. The zero-order valence-electron chi connectivity index (χ0n) is 12.3. The summed E-state index contributed by atoms with van der Waals surface area (Å²) < 4.78 is 15.1. The largest absolute Gasteiger partial charge is 0.330 e. The van der Waals surface area contributed by atoms with Gasteiger partial charge in [-0.2, -0.15) is 5.10 Å². The summed E-state index contributed by atoms with van der Waals surface area (Å²) in [6, 6.07) is 6.33. The van der Waals surface area contributed by atoms with Crippen LogP contribution in [0.1, 0.15) is 41.9 Å². The third-order valence-electron chi connectivity index (χ3n) is 4.04. The predicted molar refractivity (Wildman–Crippen MR) is 82.3 cm³/mol. The predicted octanol–water partition coefficient (Wildman–Crippen LogP) is 3.67. The van der Waals surface area contributed by atoms with Crippen molar-refractivity contribution < 1.29 is 9.18 Å². The minimum atomic E-state index is -0.284. The molecule has 22 heavy (non-hydrogen) atoms. The molecule has 2 aromatic rings. The Labute approximate surface area is 133 Å². The van der Waals surface area contributed by atoms with Crippen molar-refractivity contribution in [2.75, 3.05) is 6.54 Å². The minimum Gasteiger partial charge on any atom is -0.330 e. The molecule has 1 aliphatic heterocycles. The van der Waals surface area contributed by atoms with E-state index in [1.807, 2.05) is 13.0 Å². The van der Waals surface area contributed by atoms with E-state index >= 15 is 0 Å². The summed E-state index contributed by atoms with van der Waals surface area (Å²) in [5.41, 5.74) is 1.23. The number of amides is 1. The quantitative estimate of drug-likeness (QED) is 0.865. The van der Waals surface area contributed by atoms with Gasteiger partial charge in [-0.25, -0.2) is 4.39 Å². The van der Waals surface area contributed by atoms with Crippen LogP contribution in [0.3, 0.4) is 0 Å². The number of nitrogens with zero attached hydrogens (tertiary/aromatic N) is 3. The van der Waals surface area contributed by atoms with Crippen molar-refractivity contribution in [3.05, 3.63) is 52.6 Å². The molecule has 0 saturated carbocycles. The first-order valence-corrected chi connectivity index (χ1v) is 7.77. The number of aryl methyl sites for hydroxylation is 1. The molecule has 0 unspecified atom stereocenters. The van der Waals surface area contributed by atoms with Crippen LogP contribution in [0.15, 0.2) is 30.5 Å². The molecule has 1 aromatic heterocycles. The average Bonchev–Trinajstić information content (AvgIpc) is 3.13. The van der Waals surface area contributed by atoms with Crippen LogP contribution in [-0.4, -0.2) is 27.1 Å². The Bertz CT molecular complexity index is 700. The van der Waals surface area contributed by atoms with Gasteiger partial charge < -0.3 is 4.90 Å². The summed E-state index contributed by atoms with van der Waals surface area (Å²) in [7, 11) is 0. The molecule has 1 aliphatic rings. The van der Waals surface area contributed by atoms with E-state index < -0.39 is 0 Å². The highest BCUT2D eigenvalue weighted by atomic mass is 35.5. The summed E-state index contributed by atoms with van der Waals surface area (Å²) in [6.07, 6.45) is 3.21. The SMILES string of the molecule is CCn1ncc(Cl)c1C(=O)N1CCC[C@H]1c1cccc(F)c1. The van der Waals surface area contributed by atoms with Gasteiger partial charge >= 0.3 is 0 Å². The molecule has 1 fully saturated rings. The molecule has 1 amide bonds. The molecule has 6 heteroatoms. The van der Waals surface area contributed by atoms with E-state index in [4.69, 9.17) is 11.6 Å². The Balaban J connectivity index is 1.93. The Hall–Kier alpha value is -1.88. The molecule has 0 radical (unpaired) electrons. The van der Waals surface area contributed by atoms with Crippen molar-refractivity contribution in [2.24, 2.45) is 0 Å². The summed E-state index contributed by atoms with van der Waals surface area (Å²) in [6.45, 7) is 3.13. The number of hydrogen-bond donors (Lipinski definition) is 0. The fourth-order valence-corrected chi connectivity index (χ4v) is 3.24. The molecule has 2 heterocycles. The summed E-state index contributed by atoms with van der Waals surface area (Å²) >= 11 is 6.13. The van der Waals surface area contributed by atoms with Crippen molar-refractivity contribution >= 4 is 17.5 Å². The van der Waals surface area contributed by atoms with Crippen molar-refractivity contribution in [2.45, 2.75) is 32.4 Å². The molecule has 4 nitrogen and oxygen atoms in total. The van der Waals surface area contributed by atoms with Gasteiger partial charge in [0.2, 0.25) is 0 Å². The zero-order chi connectivity index (χ0) is 15.7. The van der Waals surface area contributed by atoms with Gasteiger partial charge in [-0.1, -0.05) is 23.7 Å². The van der Waals surface area contributed by atoms with E-state index in [0.29, 0.717) is 23.8 Å². The monoisotopic (exact) mass is 321 g/mol. The van der Waals surface area contributed by atoms with Crippen LogP contribution in [0.5, 0.6) is 0 Å². The third kappa shape index (κ3) is 2.61. The first-order valence-electron chi connectivity index (χ1n) is 7.39. The van der Waals surface area contributed by atoms with Gasteiger partial charge in [0.25, 0.3) is 5.91 Å². The third-order valence-corrected chi connectivity index (χ3v) is 4.32. The van der Waals surface area contributed by atoms with Crippen LogP contribution in [0.4, 0.5) is 4.39 Å². The van der Waals surface area contributed by atoms with Crippen LogP contribution < -0.4 is 0 Å². The molecule has 1 aromatic carbocycles. The first-order chi connectivity index (χ1) is 10.6. The van der Waals surface area contributed by atoms with Crippen LogP contribution in [0, 0.1) is 5.82 Å². The van der Waals surface area contributed by atoms with Crippen LogP contribution >= 0.6 is 11.6 Å². The molecule has 0 N–H and O–H groups in total. The van der Waals surface area contributed by atoms with E-state index in [1.54, 1.807) is 15.6 Å². The maximum atomic E-state index is 13.5. The van der Waals surface area contributed by atoms with Gasteiger partial charge in [0.05, 0.1) is 17.3 Å². The lowest BCUT2D eigenvalue weighted by Crippen LogP contribution is -2.32. The first kappa shape index (κ1) is 15.0. The molecule has 0 spiro atoms. The summed E-state index contributed by atoms with van der Waals surface area (Å²) in [4.78, 5) is 14.6. The smallest absolute Gasteiger partial charge is 0.274 e. The van der Waals surface area contributed by atoms with Gasteiger partial charge in [0.15, 0.2) is 0 Å². The molecule has 0 aliphatic carbocycles. The zero-order valence-corrected chi connectivity index (χ0v) is 13.1. The number of hydrogen-bond acceptors (Lipinski definition) is 2. The van der Waals surface area contributed by atoms with E-state index in [-0.39, 0.29) is 17.8 Å². The molecule has 3 rings (SSSR count). The normalized spacial score (nSPS) is 18.0. The number of aromatic nitrogens is 2. The van der Waals surface area contributed by atoms with E-state index in [1.165, 1.54) is 18.3 Å². The van der Waals surface area contributed by atoms with Gasteiger partial charge in [0, 0.05) is 13.1 Å². The van der Waals surface area contributed by atoms with Crippen LogP contribution in [-0.2, 0) is 6.54 Å². The average molecular weight is 322 g/mol. The fourth-order valence-electron chi connectivity index (χ4n) is 3.02. The topological polar surface area (TPSA) is 38.1 Å². The highest BCUT2D eigenvalue weighted by Gasteiger charge is 2.33. The van der Waals surface area contributed by atoms with Gasteiger partial charge in [-0.05, 0) is 37.5 Å². The number of rotatable bonds is 3. The van der Waals surface area contributed by atoms with Gasteiger partial charge in [0.1, 0.15) is 11.5 Å². The Kier molecular flexibility index (Phi) is 4.16. The summed E-state index contributed by atoms with van der Waals surface area (Å²) in [5.74, 6) is -0.426. The van der Waals surface area contributed by atoms with Crippen LogP contribution in [0.2, 0.25) is 5.02 Å². The number of carbonyl (C=O) groups is 1. The highest BCUT2D eigenvalue weighted by Crippen LogP contribution is 2.34. The standard InChI is InChI=1S/C16H17ClFN3O/c1-2-21-15(13(17)10-19-21)16(22)20-8-4-7-14(20)11-5-3-6-12(18)9-11/h3,5-6,9-10,14H,2,4,7-8H2,1H3/t14-/m0/s1. The van der Waals surface area contributed by atoms with Gasteiger partial charge in [-0.3, -0.25) is 9.48 Å². The van der Waals surface area contributed by atoms with Crippen molar-refractivity contribution in [1.29, 1.82) is 0 Å². The number of carbonyl (C=O) groups excluding carboxylic acids is 1. The fraction of sp³-hybridized carbons (Fsp3) is 0.375. The number of likely N-dealkylation sites (tertiary alicyclic amines) is 1. The number of benzene rings is 1. The van der Waals surface area contributed by atoms with Crippen LogP contribution in [0.25, 0.3) is 0 Å². The molecular formula is C16H17ClFN3O. The maximum absolute atomic E-state index is 13.5. The second-order valence-electron chi connectivity index (χ2n) is 5.37. The second kappa shape index (κ2) is 6.08. The lowest BCUT2D eigenvalue weighted by molar-refractivity contribution is 0.0723. The Morgan fingerprint density at radius 1 is 1.50 bits per heavy atom. The van der Waals surface area contributed by atoms with Crippen molar-refractivity contribution in [3.63, 3.8) is 0 Å². The molecule has 0 bridgehead atoms.